The van der Waals surface area contributed by atoms with Crippen LogP contribution in [0.25, 0.3) is 0 Å². The highest BCUT2D eigenvalue weighted by Gasteiger charge is 2.58. The van der Waals surface area contributed by atoms with Gasteiger partial charge >= 0.3 is 0 Å². The van der Waals surface area contributed by atoms with Crippen LogP contribution in [0.4, 0.5) is 11.4 Å². The van der Waals surface area contributed by atoms with E-state index in [1.165, 1.54) is 0 Å². The van der Waals surface area contributed by atoms with Crippen molar-refractivity contribution < 1.29 is 9.59 Å². The van der Waals surface area contributed by atoms with Crippen molar-refractivity contribution in [2.45, 2.75) is 26.3 Å². The van der Waals surface area contributed by atoms with Crippen LogP contribution in [0.2, 0.25) is 0 Å². The first-order valence-corrected chi connectivity index (χ1v) is 9.88. The molecule has 0 heterocycles. The summed E-state index contributed by atoms with van der Waals surface area (Å²) in [4.78, 5) is 28.5. The zero-order chi connectivity index (χ0) is 20.3. The highest BCUT2D eigenvalue weighted by Crippen LogP contribution is 2.49. The van der Waals surface area contributed by atoms with Gasteiger partial charge in [-0.25, -0.2) is 0 Å². The Kier molecular flexibility index (Phi) is 5.17. The quantitative estimate of drug-likeness (QED) is 0.612. The molecule has 1 fully saturated rings. The second-order valence-corrected chi connectivity index (χ2v) is 7.56. The number of nitrogens with zero attached hydrogens (tertiary/aromatic N) is 1. The zero-order valence-corrected chi connectivity index (χ0v) is 16.5. The minimum absolute atomic E-state index is 0.140. The third kappa shape index (κ3) is 3.92. The van der Waals surface area contributed by atoms with Crippen molar-refractivity contribution in [2.75, 3.05) is 10.2 Å². The lowest BCUT2D eigenvalue weighted by Crippen LogP contribution is -2.43. The Morgan fingerprint density at radius 3 is 2.07 bits per heavy atom. The zero-order valence-electron chi connectivity index (χ0n) is 16.5. The summed E-state index contributed by atoms with van der Waals surface area (Å²) < 4.78 is 0. The highest BCUT2D eigenvalue weighted by molar-refractivity contribution is 6.17. The molecule has 1 aliphatic rings. The van der Waals surface area contributed by atoms with Crippen LogP contribution in [0, 0.1) is 12.3 Å². The fraction of sp³-hybridized carbons (Fsp3) is 0.200. The minimum Gasteiger partial charge on any atom is -0.325 e. The summed E-state index contributed by atoms with van der Waals surface area (Å²) in [5, 5.41) is 2.98. The third-order valence-corrected chi connectivity index (χ3v) is 5.48. The molecule has 0 unspecified atom stereocenters. The molecular formula is C25H24N2O2. The Morgan fingerprint density at radius 1 is 0.862 bits per heavy atom. The Labute approximate surface area is 171 Å². The van der Waals surface area contributed by atoms with Crippen molar-refractivity contribution in [1.82, 2.24) is 0 Å². The number of hydrogen-bond acceptors (Lipinski definition) is 2. The summed E-state index contributed by atoms with van der Waals surface area (Å²) in [5.74, 6) is -0.357. The van der Waals surface area contributed by atoms with E-state index in [0.717, 1.165) is 22.5 Å². The molecule has 0 aromatic heterocycles. The third-order valence-electron chi connectivity index (χ3n) is 5.48. The largest absolute Gasteiger partial charge is 0.325 e. The van der Waals surface area contributed by atoms with Crippen molar-refractivity contribution >= 4 is 23.2 Å². The number of benzene rings is 3. The summed E-state index contributed by atoms with van der Waals surface area (Å²) in [6.07, 6.45) is 1.14. The molecule has 29 heavy (non-hydrogen) atoms. The number of rotatable bonds is 6. The van der Waals surface area contributed by atoms with E-state index in [1.807, 2.05) is 91.9 Å². The van der Waals surface area contributed by atoms with E-state index >= 15 is 0 Å². The number of amides is 2. The van der Waals surface area contributed by atoms with Crippen molar-refractivity contribution in [3.8, 4) is 0 Å². The van der Waals surface area contributed by atoms with Gasteiger partial charge in [0.25, 0.3) is 0 Å². The summed E-state index contributed by atoms with van der Waals surface area (Å²) in [6.45, 7) is 2.38. The lowest BCUT2D eigenvalue weighted by Gasteiger charge is -2.27. The molecule has 0 aliphatic heterocycles. The fourth-order valence-electron chi connectivity index (χ4n) is 3.53. The van der Waals surface area contributed by atoms with Crippen LogP contribution in [0.1, 0.15) is 24.0 Å². The second-order valence-electron chi connectivity index (χ2n) is 7.56. The van der Waals surface area contributed by atoms with Gasteiger partial charge < -0.3 is 10.2 Å². The molecule has 146 valence electrons. The number of carbonyl (C=O) groups is 2. The maximum atomic E-state index is 13.6. The summed E-state index contributed by atoms with van der Waals surface area (Å²) in [7, 11) is 0. The minimum atomic E-state index is -0.993. The maximum absolute atomic E-state index is 13.6. The van der Waals surface area contributed by atoms with E-state index < -0.39 is 5.41 Å². The summed E-state index contributed by atoms with van der Waals surface area (Å²) in [5.41, 5.74) is 2.57. The highest BCUT2D eigenvalue weighted by atomic mass is 16.2. The molecule has 1 aliphatic carbocycles. The molecule has 0 spiro atoms. The van der Waals surface area contributed by atoms with Crippen LogP contribution in [-0.4, -0.2) is 11.8 Å². The molecule has 4 nitrogen and oxygen atoms in total. The Hall–Kier alpha value is -3.40. The van der Waals surface area contributed by atoms with E-state index in [9.17, 15) is 9.59 Å². The average Bonchev–Trinajstić information content (AvgIpc) is 3.57. The SMILES string of the molecule is Cc1ccccc1NC(=O)C1(C(=O)N(Cc2ccccc2)c2ccccc2)CC1. The fourth-order valence-corrected chi connectivity index (χ4v) is 3.53. The van der Waals surface area contributed by atoms with Gasteiger partial charge in [0.2, 0.25) is 11.8 Å². The first kappa shape index (κ1) is 18.9. The molecule has 3 aromatic rings. The summed E-state index contributed by atoms with van der Waals surface area (Å²) in [6, 6.07) is 27.1. The van der Waals surface area contributed by atoms with Gasteiger partial charge in [-0.15, -0.1) is 0 Å². The van der Waals surface area contributed by atoms with Crippen LogP contribution in [0.15, 0.2) is 84.9 Å². The van der Waals surface area contributed by atoms with Gasteiger partial charge in [0, 0.05) is 11.4 Å². The van der Waals surface area contributed by atoms with E-state index in [1.54, 1.807) is 4.90 Å². The van der Waals surface area contributed by atoms with Crippen molar-refractivity contribution in [3.63, 3.8) is 0 Å². The normalized spacial score (nSPS) is 14.1. The van der Waals surface area contributed by atoms with Crippen molar-refractivity contribution in [3.05, 3.63) is 96.1 Å². The Bertz CT molecular complexity index is 1010. The number of nitrogens with one attached hydrogen (secondary N) is 1. The number of hydrogen-bond donors (Lipinski definition) is 1. The van der Waals surface area contributed by atoms with Crippen LogP contribution >= 0.6 is 0 Å². The van der Waals surface area contributed by atoms with Gasteiger partial charge in [0.15, 0.2) is 0 Å². The van der Waals surface area contributed by atoms with Gasteiger partial charge in [-0.2, -0.15) is 0 Å². The number of para-hydroxylation sites is 2. The molecule has 0 radical (unpaired) electrons. The van der Waals surface area contributed by atoms with Gasteiger partial charge in [0.05, 0.1) is 6.54 Å². The molecule has 0 bridgehead atoms. The molecule has 0 atom stereocenters. The molecule has 2 amide bonds. The number of anilines is 2. The molecule has 4 heteroatoms. The average molecular weight is 384 g/mol. The van der Waals surface area contributed by atoms with Crippen LogP contribution < -0.4 is 10.2 Å². The molecule has 4 rings (SSSR count). The lowest BCUT2D eigenvalue weighted by molar-refractivity contribution is -0.132. The topological polar surface area (TPSA) is 49.4 Å². The monoisotopic (exact) mass is 384 g/mol. The number of carbonyl (C=O) groups excluding carboxylic acids is 2. The van der Waals surface area contributed by atoms with E-state index in [2.05, 4.69) is 5.32 Å². The molecule has 0 saturated heterocycles. The van der Waals surface area contributed by atoms with Crippen molar-refractivity contribution in [2.24, 2.45) is 5.41 Å². The second kappa shape index (κ2) is 7.92. The predicted molar refractivity (Wildman–Crippen MR) is 116 cm³/mol. The Balaban J connectivity index is 1.61. The van der Waals surface area contributed by atoms with Crippen LogP contribution in [0.5, 0.6) is 0 Å². The Morgan fingerprint density at radius 2 is 1.45 bits per heavy atom. The predicted octanol–water partition coefficient (Wildman–Crippen LogP) is 4.95. The van der Waals surface area contributed by atoms with Crippen LogP contribution in [-0.2, 0) is 16.1 Å². The smallest absolute Gasteiger partial charge is 0.243 e. The van der Waals surface area contributed by atoms with E-state index in [0.29, 0.717) is 19.4 Å². The number of aryl methyl sites for hydroxylation is 1. The van der Waals surface area contributed by atoms with Gasteiger partial charge in [-0.1, -0.05) is 66.7 Å². The van der Waals surface area contributed by atoms with Crippen molar-refractivity contribution in [1.29, 1.82) is 0 Å². The van der Waals surface area contributed by atoms with Gasteiger partial charge in [-0.3, -0.25) is 9.59 Å². The van der Waals surface area contributed by atoms with Gasteiger partial charge in [-0.05, 0) is 49.1 Å². The van der Waals surface area contributed by atoms with E-state index in [4.69, 9.17) is 0 Å². The first-order chi connectivity index (χ1) is 14.1. The molecule has 1 N–H and O–H groups in total. The lowest BCUT2D eigenvalue weighted by atomic mass is 10.0. The maximum Gasteiger partial charge on any atom is 0.243 e. The molecular weight excluding hydrogens is 360 g/mol. The molecule has 1 saturated carbocycles. The van der Waals surface area contributed by atoms with Crippen LogP contribution in [0.3, 0.4) is 0 Å². The summed E-state index contributed by atoms with van der Waals surface area (Å²) >= 11 is 0. The molecule has 3 aromatic carbocycles. The van der Waals surface area contributed by atoms with E-state index in [-0.39, 0.29) is 11.8 Å². The first-order valence-electron chi connectivity index (χ1n) is 9.88. The van der Waals surface area contributed by atoms with Gasteiger partial charge in [0.1, 0.15) is 5.41 Å². The standard InChI is InChI=1S/C25H24N2O2/c1-19-10-8-9-15-22(19)26-23(28)25(16-17-25)24(29)27(21-13-6-3-7-14-21)18-20-11-4-2-5-12-20/h2-15H,16-18H2,1H3,(H,26,28).